The van der Waals surface area contributed by atoms with Crippen molar-refractivity contribution in [3.8, 4) is 16.5 Å². The van der Waals surface area contributed by atoms with Crippen molar-refractivity contribution in [2.45, 2.75) is 38.3 Å². The zero-order valence-electron chi connectivity index (χ0n) is 17.8. The summed E-state index contributed by atoms with van der Waals surface area (Å²) in [6.07, 6.45) is 0.420. The van der Waals surface area contributed by atoms with Gasteiger partial charge in [-0.1, -0.05) is 23.8 Å². The highest BCUT2D eigenvalue weighted by Crippen LogP contribution is 2.43. The molecule has 0 fully saturated rings. The number of rotatable bonds is 3. The molecule has 0 atom stereocenters. The number of thiophene rings is 2. The molecule has 0 saturated heterocycles. The van der Waals surface area contributed by atoms with Crippen LogP contribution in [0.25, 0.3) is 20.7 Å². The summed E-state index contributed by atoms with van der Waals surface area (Å²) in [6.45, 7) is 0. The molecule has 4 nitrogen and oxygen atoms in total. The number of carbonyl (C=O) groups excluding carboxylic acids is 1. The largest absolute Gasteiger partial charge is 0.416 e. The van der Waals surface area contributed by atoms with Crippen LogP contribution in [0.4, 0.5) is 18.2 Å². The van der Waals surface area contributed by atoms with Crippen LogP contribution in [-0.4, -0.2) is 10.9 Å². The Balaban J connectivity index is 1.58. The Kier molecular flexibility index (Phi) is 5.88. The fourth-order valence-electron chi connectivity index (χ4n) is 4.32. The van der Waals surface area contributed by atoms with Crippen LogP contribution in [0.2, 0.25) is 0 Å². The van der Waals surface area contributed by atoms with Crippen molar-refractivity contribution >= 4 is 43.8 Å². The van der Waals surface area contributed by atoms with E-state index in [2.05, 4.69) is 11.4 Å². The number of carbonyl (C=O) groups is 1. The van der Waals surface area contributed by atoms with E-state index >= 15 is 0 Å². The first-order valence-electron chi connectivity index (χ1n) is 10.8. The van der Waals surface area contributed by atoms with Gasteiger partial charge in [0.15, 0.2) is 0 Å². The first-order chi connectivity index (χ1) is 16.3. The van der Waals surface area contributed by atoms with Crippen molar-refractivity contribution in [2.24, 2.45) is 0 Å². The number of hydrogen-bond donors (Lipinski definition) is 1. The SMILES string of the molecule is N#Cc1ccsc1-c1c2c(nc3sc(NC(=O)c4cccc(C(F)(F)F)c4)cc13)CCCCC2. The molecule has 1 aliphatic rings. The first kappa shape index (κ1) is 22.6. The van der Waals surface area contributed by atoms with E-state index in [0.29, 0.717) is 10.6 Å². The highest BCUT2D eigenvalue weighted by Gasteiger charge is 2.31. The minimum atomic E-state index is -4.52. The Morgan fingerprint density at radius 2 is 1.94 bits per heavy atom. The maximum atomic E-state index is 13.1. The van der Waals surface area contributed by atoms with E-state index in [1.165, 1.54) is 34.8 Å². The number of nitrogens with one attached hydrogen (secondary N) is 1. The molecule has 0 aliphatic heterocycles. The van der Waals surface area contributed by atoms with Crippen LogP contribution < -0.4 is 5.32 Å². The highest BCUT2D eigenvalue weighted by molar-refractivity contribution is 7.22. The number of amides is 1. The molecule has 1 amide bonds. The average Bonchev–Trinajstić information content (AvgIpc) is 3.37. The van der Waals surface area contributed by atoms with Gasteiger partial charge in [-0.05, 0) is 67.0 Å². The molecule has 3 heterocycles. The summed E-state index contributed by atoms with van der Waals surface area (Å²) in [4.78, 5) is 19.3. The number of hydrogen-bond acceptors (Lipinski definition) is 5. The Labute approximate surface area is 201 Å². The Morgan fingerprint density at radius 3 is 2.74 bits per heavy atom. The second kappa shape index (κ2) is 8.85. The quantitative estimate of drug-likeness (QED) is 0.299. The highest BCUT2D eigenvalue weighted by atomic mass is 32.1. The number of nitrogens with zero attached hydrogens (tertiary/aromatic N) is 2. The van der Waals surface area contributed by atoms with Gasteiger partial charge < -0.3 is 5.32 Å². The van der Waals surface area contributed by atoms with E-state index in [-0.39, 0.29) is 5.56 Å². The molecule has 0 saturated carbocycles. The van der Waals surface area contributed by atoms with Gasteiger partial charge in [-0.15, -0.1) is 11.3 Å². The number of nitriles is 1. The van der Waals surface area contributed by atoms with Gasteiger partial charge in [-0.3, -0.25) is 4.79 Å². The summed E-state index contributed by atoms with van der Waals surface area (Å²) >= 11 is 2.80. The molecule has 5 rings (SSSR count). The summed E-state index contributed by atoms with van der Waals surface area (Å²) in [7, 11) is 0. The number of aryl methyl sites for hydroxylation is 1. The van der Waals surface area contributed by atoms with Gasteiger partial charge in [0.05, 0.1) is 21.0 Å². The maximum absolute atomic E-state index is 13.1. The molecule has 0 spiro atoms. The van der Waals surface area contributed by atoms with Crippen molar-refractivity contribution in [1.29, 1.82) is 5.26 Å². The van der Waals surface area contributed by atoms with Crippen LogP contribution in [0.1, 0.15) is 52.0 Å². The lowest BCUT2D eigenvalue weighted by Crippen LogP contribution is -2.13. The fraction of sp³-hybridized carbons (Fsp3) is 0.240. The number of alkyl halides is 3. The van der Waals surface area contributed by atoms with E-state index in [9.17, 15) is 23.2 Å². The second-order valence-corrected chi connectivity index (χ2v) is 10.1. The zero-order valence-corrected chi connectivity index (χ0v) is 19.5. The molecule has 0 unspecified atom stereocenters. The summed E-state index contributed by atoms with van der Waals surface area (Å²) in [5.41, 5.74) is 2.83. The lowest BCUT2D eigenvalue weighted by molar-refractivity contribution is -0.137. The van der Waals surface area contributed by atoms with Gasteiger partial charge in [0, 0.05) is 22.2 Å². The molecule has 1 N–H and O–H groups in total. The normalized spacial score (nSPS) is 13.8. The lowest BCUT2D eigenvalue weighted by atomic mass is 9.96. The number of anilines is 1. The minimum Gasteiger partial charge on any atom is -0.313 e. The number of fused-ring (bicyclic) bond motifs is 2. The number of aromatic nitrogens is 1. The van der Waals surface area contributed by atoms with Gasteiger partial charge in [-0.2, -0.15) is 18.4 Å². The second-order valence-electron chi connectivity index (χ2n) is 8.11. The van der Waals surface area contributed by atoms with E-state index in [1.54, 1.807) is 6.07 Å². The predicted molar refractivity (Wildman–Crippen MR) is 128 cm³/mol. The van der Waals surface area contributed by atoms with Crippen molar-refractivity contribution in [1.82, 2.24) is 4.98 Å². The van der Waals surface area contributed by atoms with E-state index < -0.39 is 17.6 Å². The summed E-state index contributed by atoms with van der Waals surface area (Å²) in [5, 5.41) is 15.6. The van der Waals surface area contributed by atoms with Crippen molar-refractivity contribution < 1.29 is 18.0 Å². The minimum absolute atomic E-state index is 0.0683. The van der Waals surface area contributed by atoms with Crippen LogP contribution in [0.5, 0.6) is 0 Å². The number of pyridine rings is 1. The molecular formula is C25H18F3N3OS2. The molecule has 1 aromatic carbocycles. The van der Waals surface area contributed by atoms with Crippen LogP contribution in [0.3, 0.4) is 0 Å². The smallest absolute Gasteiger partial charge is 0.313 e. The van der Waals surface area contributed by atoms with E-state index in [4.69, 9.17) is 4.98 Å². The van der Waals surface area contributed by atoms with Gasteiger partial charge in [0.1, 0.15) is 10.9 Å². The van der Waals surface area contributed by atoms with Gasteiger partial charge in [0.2, 0.25) is 0 Å². The predicted octanol–water partition coefficient (Wildman–Crippen LogP) is 7.44. The summed E-state index contributed by atoms with van der Waals surface area (Å²) in [6, 6.07) is 10.3. The van der Waals surface area contributed by atoms with Gasteiger partial charge >= 0.3 is 6.18 Å². The summed E-state index contributed by atoms with van der Waals surface area (Å²) in [5.74, 6) is -0.616. The number of benzene rings is 1. The molecular weight excluding hydrogens is 479 g/mol. The zero-order chi connectivity index (χ0) is 23.9. The Hall–Kier alpha value is -3.22. The van der Waals surface area contributed by atoms with Crippen LogP contribution in [0.15, 0.2) is 41.8 Å². The summed E-state index contributed by atoms with van der Waals surface area (Å²) < 4.78 is 39.2. The molecule has 34 heavy (non-hydrogen) atoms. The topological polar surface area (TPSA) is 65.8 Å². The van der Waals surface area contributed by atoms with E-state index in [0.717, 1.165) is 76.2 Å². The molecule has 3 aromatic heterocycles. The third-order valence-corrected chi connectivity index (χ3v) is 7.79. The molecule has 4 aromatic rings. The van der Waals surface area contributed by atoms with Crippen molar-refractivity contribution in [2.75, 3.05) is 5.32 Å². The van der Waals surface area contributed by atoms with Crippen LogP contribution in [-0.2, 0) is 19.0 Å². The molecule has 0 radical (unpaired) electrons. The maximum Gasteiger partial charge on any atom is 0.416 e. The molecule has 0 bridgehead atoms. The van der Waals surface area contributed by atoms with Gasteiger partial charge in [0.25, 0.3) is 5.91 Å². The van der Waals surface area contributed by atoms with Crippen molar-refractivity contribution in [3.63, 3.8) is 0 Å². The van der Waals surface area contributed by atoms with Gasteiger partial charge in [-0.25, -0.2) is 4.98 Å². The molecule has 9 heteroatoms. The molecule has 1 aliphatic carbocycles. The Morgan fingerprint density at radius 1 is 1.12 bits per heavy atom. The first-order valence-corrected chi connectivity index (χ1v) is 12.5. The average molecular weight is 498 g/mol. The molecule has 172 valence electrons. The fourth-order valence-corrected chi connectivity index (χ4v) is 6.21. The standard InChI is InChI=1S/C25H18F3N3OS2/c26-25(27,28)16-6-4-5-14(11-16)23(32)31-20-12-18-21(22-15(13-29)9-10-33-22)17-7-2-1-3-8-19(17)30-24(18)34-20/h4-6,9-12H,1-3,7-8H2,(H,31,32). The third kappa shape index (κ3) is 4.19. The van der Waals surface area contributed by atoms with E-state index in [1.807, 2.05) is 11.4 Å². The number of halogens is 3. The lowest BCUT2D eigenvalue weighted by Gasteiger charge is -2.13. The van der Waals surface area contributed by atoms with Crippen LogP contribution >= 0.6 is 22.7 Å². The van der Waals surface area contributed by atoms with Crippen LogP contribution in [0, 0.1) is 11.3 Å². The Bertz CT molecular complexity index is 1450. The van der Waals surface area contributed by atoms with Crippen molar-refractivity contribution in [3.05, 3.63) is 69.7 Å². The third-order valence-electron chi connectivity index (χ3n) is 5.91. The monoisotopic (exact) mass is 497 g/mol.